The summed E-state index contributed by atoms with van der Waals surface area (Å²) in [5, 5.41) is 11.0. The van der Waals surface area contributed by atoms with E-state index in [2.05, 4.69) is 27.6 Å². The van der Waals surface area contributed by atoms with Crippen molar-refractivity contribution in [1.82, 2.24) is 25.3 Å². The van der Waals surface area contributed by atoms with Crippen LogP contribution in [0.4, 0.5) is 0 Å². The third kappa shape index (κ3) is 4.25. The number of carbonyl (C=O) groups excluding carboxylic acids is 3. The van der Waals surface area contributed by atoms with Crippen LogP contribution in [0.2, 0.25) is 0 Å². The fourth-order valence-electron chi connectivity index (χ4n) is 5.67. The summed E-state index contributed by atoms with van der Waals surface area (Å²) in [6, 6.07) is 11.5. The lowest BCUT2D eigenvalue weighted by atomic mass is 9.87. The van der Waals surface area contributed by atoms with Crippen LogP contribution in [0, 0.1) is 11.8 Å². The first-order chi connectivity index (χ1) is 17.2. The van der Waals surface area contributed by atoms with Gasteiger partial charge in [0.25, 0.3) is 0 Å². The molecule has 0 spiro atoms. The molecule has 5 rings (SSSR count). The van der Waals surface area contributed by atoms with Crippen LogP contribution in [0.3, 0.4) is 0 Å². The molecule has 1 fully saturated rings. The molecule has 1 saturated heterocycles. The molecule has 0 radical (unpaired) electrons. The Kier molecular flexibility index (Phi) is 6.28. The summed E-state index contributed by atoms with van der Waals surface area (Å²) in [5.74, 6) is -0.509. The van der Waals surface area contributed by atoms with Crippen LogP contribution < -0.4 is 5.32 Å². The Balaban J connectivity index is 1.57. The zero-order valence-corrected chi connectivity index (χ0v) is 21.2. The minimum atomic E-state index is -0.915. The normalized spacial score (nSPS) is 21.1. The number of fused-ring (bicyclic) bond motifs is 2. The van der Waals surface area contributed by atoms with Gasteiger partial charge in [0.1, 0.15) is 18.1 Å². The zero-order valence-electron chi connectivity index (χ0n) is 21.2. The smallest absolute Gasteiger partial charge is 0.249 e. The number of amides is 3. The van der Waals surface area contributed by atoms with E-state index in [0.29, 0.717) is 12.0 Å². The van der Waals surface area contributed by atoms with Crippen molar-refractivity contribution >= 4 is 28.6 Å². The molecule has 8 nitrogen and oxygen atoms in total. The van der Waals surface area contributed by atoms with Gasteiger partial charge in [0.2, 0.25) is 17.7 Å². The molecule has 0 saturated carbocycles. The van der Waals surface area contributed by atoms with E-state index in [4.69, 9.17) is 0 Å². The van der Waals surface area contributed by atoms with E-state index in [-0.39, 0.29) is 29.6 Å². The number of benzene rings is 2. The van der Waals surface area contributed by atoms with Crippen LogP contribution in [-0.2, 0) is 27.2 Å². The van der Waals surface area contributed by atoms with E-state index in [9.17, 15) is 14.4 Å². The lowest BCUT2D eigenvalue weighted by Crippen LogP contribution is -2.67. The summed E-state index contributed by atoms with van der Waals surface area (Å²) in [6.45, 7) is 4.05. The molecule has 3 atom stereocenters. The Labute approximate surface area is 211 Å². The third-order valence-corrected chi connectivity index (χ3v) is 7.44. The van der Waals surface area contributed by atoms with E-state index in [1.807, 2.05) is 44.2 Å². The highest BCUT2D eigenvalue weighted by Gasteiger charge is 2.49. The lowest BCUT2D eigenvalue weighted by molar-refractivity contribution is -0.159. The summed E-state index contributed by atoms with van der Waals surface area (Å²) >= 11 is 0. The van der Waals surface area contributed by atoms with Gasteiger partial charge in [0.05, 0.1) is 11.7 Å². The fourth-order valence-corrected chi connectivity index (χ4v) is 5.67. The number of rotatable bonds is 6. The topological polar surface area (TPSA) is 98.4 Å². The van der Waals surface area contributed by atoms with E-state index in [0.717, 1.165) is 23.7 Å². The molecule has 1 aromatic heterocycles. The van der Waals surface area contributed by atoms with Gasteiger partial charge in [-0.15, -0.1) is 0 Å². The van der Waals surface area contributed by atoms with Gasteiger partial charge in [-0.1, -0.05) is 50.2 Å². The highest BCUT2D eigenvalue weighted by Crippen LogP contribution is 2.36. The van der Waals surface area contributed by atoms with Crippen molar-refractivity contribution in [2.24, 2.45) is 11.8 Å². The Morgan fingerprint density at radius 3 is 2.44 bits per heavy atom. The summed E-state index contributed by atoms with van der Waals surface area (Å²) < 4.78 is 0. The maximum Gasteiger partial charge on any atom is 0.249 e. The number of likely N-dealkylation sites (N-methyl/N-ethyl adjacent to an activating group) is 1. The molecular formula is C28H33N5O3. The van der Waals surface area contributed by atoms with E-state index in [1.165, 1.54) is 16.0 Å². The molecule has 2 N–H and O–H groups in total. The zero-order chi connectivity index (χ0) is 25.6. The van der Waals surface area contributed by atoms with Crippen LogP contribution >= 0.6 is 0 Å². The largest absolute Gasteiger partial charge is 0.347 e. The van der Waals surface area contributed by atoms with Crippen LogP contribution in [-0.4, -0.2) is 63.9 Å². The molecule has 8 heteroatoms. The van der Waals surface area contributed by atoms with Gasteiger partial charge in [-0.3, -0.25) is 19.5 Å². The van der Waals surface area contributed by atoms with E-state index >= 15 is 0 Å². The quantitative estimate of drug-likeness (QED) is 0.559. The number of nitrogens with one attached hydrogen (secondary N) is 2. The Morgan fingerprint density at radius 1 is 1.11 bits per heavy atom. The summed E-state index contributed by atoms with van der Waals surface area (Å²) in [6.07, 6.45) is 3.64. The number of aromatic amines is 1. The minimum absolute atomic E-state index is 0.0495. The average Bonchev–Trinajstić information content (AvgIpc) is 3.49. The van der Waals surface area contributed by atoms with E-state index in [1.54, 1.807) is 25.2 Å². The molecule has 3 aromatic rings. The first-order valence-corrected chi connectivity index (χ1v) is 12.6. The lowest BCUT2D eigenvalue weighted by Gasteiger charge is -2.45. The van der Waals surface area contributed by atoms with Gasteiger partial charge in [-0.05, 0) is 53.9 Å². The summed E-state index contributed by atoms with van der Waals surface area (Å²) in [5.41, 5.74) is 3.87. The number of nitrogens with zero attached hydrogens (tertiary/aromatic N) is 3. The van der Waals surface area contributed by atoms with Crippen LogP contribution in [0.15, 0.2) is 48.7 Å². The number of hydrogen-bond donors (Lipinski definition) is 2. The second-order valence-electron chi connectivity index (χ2n) is 10.7. The highest BCUT2D eigenvalue weighted by atomic mass is 16.2. The average molecular weight is 488 g/mol. The molecule has 1 aliphatic heterocycles. The number of piperazine rings is 1. The van der Waals surface area contributed by atoms with Crippen molar-refractivity contribution in [2.75, 3.05) is 14.1 Å². The Morgan fingerprint density at radius 2 is 1.81 bits per heavy atom. The van der Waals surface area contributed by atoms with Crippen molar-refractivity contribution < 1.29 is 14.4 Å². The maximum atomic E-state index is 14.3. The van der Waals surface area contributed by atoms with Gasteiger partial charge in [-0.2, -0.15) is 5.10 Å². The molecule has 36 heavy (non-hydrogen) atoms. The van der Waals surface area contributed by atoms with Crippen molar-refractivity contribution in [1.29, 1.82) is 0 Å². The second kappa shape index (κ2) is 9.41. The number of aromatic nitrogens is 2. The Hall–Kier alpha value is -3.68. The maximum absolute atomic E-state index is 14.3. The highest BCUT2D eigenvalue weighted by molar-refractivity contribution is 6.00. The fraction of sp³-hybridized carbons (Fsp3) is 0.429. The van der Waals surface area contributed by atoms with Gasteiger partial charge in [0.15, 0.2) is 0 Å². The summed E-state index contributed by atoms with van der Waals surface area (Å²) in [7, 11) is 3.36. The number of hydrogen-bond acceptors (Lipinski definition) is 4. The molecule has 2 aliphatic rings. The molecule has 1 unspecified atom stereocenters. The molecular weight excluding hydrogens is 454 g/mol. The van der Waals surface area contributed by atoms with Crippen molar-refractivity contribution in [2.45, 2.75) is 51.2 Å². The van der Waals surface area contributed by atoms with Gasteiger partial charge < -0.3 is 15.1 Å². The van der Waals surface area contributed by atoms with Crippen LogP contribution in [0.5, 0.6) is 0 Å². The van der Waals surface area contributed by atoms with Crippen molar-refractivity contribution in [3.8, 4) is 0 Å². The standard InChI is InChI=1S/C28H33N5O3/c1-16(2)11-23-26(34)30-24(21-12-17-7-5-6-8-18(17)13-21)27(35)33(23)25(28(36)32(3)4)19-9-10-20-15-29-31-22(20)14-19/h5-10,14-16,21,23-25H,11-13H2,1-4H3,(H,29,31)(H,30,34)/t23-,24?,25-/m1/s1. The predicted octanol–water partition coefficient (Wildman–Crippen LogP) is 2.85. The molecule has 188 valence electrons. The molecule has 2 heterocycles. The first-order valence-electron chi connectivity index (χ1n) is 12.6. The molecule has 0 bridgehead atoms. The third-order valence-electron chi connectivity index (χ3n) is 7.44. The number of carbonyl (C=O) groups is 3. The van der Waals surface area contributed by atoms with Gasteiger partial charge in [-0.25, -0.2) is 0 Å². The minimum Gasteiger partial charge on any atom is -0.347 e. The van der Waals surface area contributed by atoms with Gasteiger partial charge >= 0.3 is 0 Å². The van der Waals surface area contributed by atoms with Crippen molar-refractivity contribution in [3.63, 3.8) is 0 Å². The first kappa shape index (κ1) is 24.0. The monoisotopic (exact) mass is 487 g/mol. The molecule has 3 amide bonds. The molecule has 2 aromatic carbocycles. The SMILES string of the molecule is CC(C)C[C@@H]1C(=O)NC(C2Cc3ccccc3C2)C(=O)N1[C@@H](C(=O)N(C)C)c1ccc2cn[nH]c2c1. The van der Waals surface area contributed by atoms with Gasteiger partial charge in [0, 0.05) is 19.5 Å². The van der Waals surface area contributed by atoms with E-state index < -0.39 is 18.1 Å². The predicted molar refractivity (Wildman–Crippen MR) is 137 cm³/mol. The summed E-state index contributed by atoms with van der Waals surface area (Å²) in [4.78, 5) is 44.6. The Bertz CT molecular complexity index is 1290. The second-order valence-corrected chi connectivity index (χ2v) is 10.7. The molecule has 1 aliphatic carbocycles. The van der Waals surface area contributed by atoms with Crippen LogP contribution in [0.25, 0.3) is 10.9 Å². The van der Waals surface area contributed by atoms with Crippen molar-refractivity contribution in [3.05, 3.63) is 65.4 Å². The van der Waals surface area contributed by atoms with Crippen LogP contribution in [0.1, 0.15) is 43.0 Å². The number of H-pyrrole nitrogens is 1.